The fraction of sp³-hybridized carbons (Fsp3) is 0.538. The molecule has 0 aromatic heterocycles. The summed E-state index contributed by atoms with van der Waals surface area (Å²) in [5.41, 5.74) is 0.694. The Morgan fingerprint density at radius 3 is 2.52 bits per heavy atom. The van der Waals surface area contributed by atoms with Crippen molar-refractivity contribution in [3.05, 3.63) is 27.7 Å². The van der Waals surface area contributed by atoms with Crippen molar-refractivity contribution in [1.82, 2.24) is 10.0 Å². The third kappa shape index (κ3) is 5.62. The number of hydrogen-bond acceptors (Lipinski definition) is 4. The van der Waals surface area contributed by atoms with Gasteiger partial charge in [-0.3, -0.25) is 0 Å². The minimum Gasteiger partial charge on any atom is -0.316 e. The van der Waals surface area contributed by atoms with Crippen LogP contribution in [0.5, 0.6) is 0 Å². The highest BCUT2D eigenvalue weighted by molar-refractivity contribution is 7.99. The molecule has 0 saturated heterocycles. The lowest BCUT2D eigenvalue weighted by Gasteiger charge is -2.15. The van der Waals surface area contributed by atoms with Gasteiger partial charge in [0, 0.05) is 23.4 Å². The summed E-state index contributed by atoms with van der Waals surface area (Å²) in [4.78, 5) is 0.0622. The summed E-state index contributed by atoms with van der Waals surface area (Å²) < 4.78 is 27.5. The van der Waals surface area contributed by atoms with Gasteiger partial charge >= 0.3 is 0 Å². The molecule has 0 radical (unpaired) electrons. The summed E-state index contributed by atoms with van der Waals surface area (Å²) in [7, 11) is -1.89. The van der Waals surface area contributed by atoms with E-state index in [1.807, 2.05) is 13.8 Å². The normalized spacial score (nSPS) is 13.4. The Morgan fingerprint density at radius 1 is 1.29 bits per heavy atom. The Bertz CT molecular complexity index is 580. The topological polar surface area (TPSA) is 58.2 Å². The van der Waals surface area contributed by atoms with Gasteiger partial charge in [-0.1, -0.05) is 30.1 Å². The fourth-order valence-electron chi connectivity index (χ4n) is 1.76. The first kappa shape index (κ1) is 19.1. The van der Waals surface area contributed by atoms with Crippen LogP contribution in [0.25, 0.3) is 0 Å². The molecule has 0 aliphatic carbocycles. The van der Waals surface area contributed by atoms with Gasteiger partial charge < -0.3 is 5.32 Å². The van der Waals surface area contributed by atoms with Crippen LogP contribution < -0.4 is 10.0 Å². The van der Waals surface area contributed by atoms with Crippen molar-refractivity contribution >= 4 is 45.0 Å². The molecule has 120 valence electrons. The summed E-state index contributed by atoms with van der Waals surface area (Å²) in [5, 5.41) is 3.52. The van der Waals surface area contributed by atoms with Gasteiger partial charge in [0.1, 0.15) is 4.90 Å². The monoisotopic (exact) mass is 370 g/mol. The Kier molecular flexibility index (Phi) is 7.81. The van der Waals surface area contributed by atoms with Crippen LogP contribution in [0.3, 0.4) is 0 Å². The van der Waals surface area contributed by atoms with Crippen LogP contribution in [0.1, 0.15) is 19.4 Å². The van der Waals surface area contributed by atoms with E-state index in [1.54, 1.807) is 18.8 Å². The Balaban J connectivity index is 3.04. The number of rotatable bonds is 8. The van der Waals surface area contributed by atoms with E-state index in [4.69, 9.17) is 23.2 Å². The van der Waals surface area contributed by atoms with Gasteiger partial charge in [-0.05, 0) is 37.4 Å². The molecule has 1 aromatic rings. The van der Waals surface area contributed by atoms with Crippen LogP contribution in [-0.2, 0) is 16.6 Å². The number of sulfonamides is 1. The Labute approximate surface area is 141 Å². The number of halogens is 2. The maximum Gasteiger partial charge on any atom is 0.242 e. The van der Waals surface area contributed by atoms with Crippen molar-refractivity contribution < 1.29 is 8.42 Å². The molecule has 8 heteroatoms. The molecule has 0 saturated carbocycles. The third-order valence-electron chi connectivity index (χ3n) is 2.69. The average Bonchev–Trinajstić information content (AvgIpc) is 2.38. The molecule has 0 aliphatic rings. The number of nitrogens with one attached hydrogen (secondary N) is 2. The van der Waals surface area contributed by atoms with Crippen LogP contribution in [0.4, 0.5) is 0 Å². The van der Waals surface area contributed by atoms with Gasteiger partial charge in [0.05, 0.1) is 5.02 Å². The highest BCUT2D eigenvalue weighted by Gasteiger charge is 2.22. The zero-order valence-corrected chi connectivity index (χ0v) is 15.4. The van der Waals surface area contributed by atoms with E-state index >= 15 is 0 Å². The van der Waals surface area contributed by atoms with Crippen LogP contribution >= 0.6 is 35.0 Å². The molecular weight excluding hydrogens is 351 g/mol. The number of benzene rings is 1. The fourth-order valence-corrected chi connectivity index (χ4v) is 4.65. The second kappa shape index (κ2) is 8.60. The first-order valence-corrected chi connectivity index (χ1v) is 9.93. The van der Waals surface area contributed by atoms with E-state index in [9.17, 15) is 8.42 Å². The first-order valence-electron chi connectivity index (χ1n) is 6.54. The Hall–Kier alpha value is 0.0200. The van der Waals surface area contributed by atoms with Crippen molar-refractivity contribution in [2.75, 3.05) is 18.6 Å². The maximum absolute atomic E-state index is 12.4. The SMILES string of the molecule is CCSCC(C)NS(=O)(=O)c1cc(CNC)c(Cl)cc1Cl. The zero-order chi connectivity index (χ0) is 16.0. The molecule has 0 bridgehead atoms. The second-order valence-corrected chi connectivity index (χ2v) is 8.40. The lowest BCUT2D eigenvalue weighted by atomic mass is 10.2. The van der Waals surface area contributed by atoms with Gasteiger partial charge in [0.25, 0.3) is 0 Å². The predicted octanol–water partition coefficient (Wildman–Crippen LogP) is 3.13. The van der Waals surface area contributed by atoms with Crippen molar-refractivity contribution in [2.45, 2.75) is 31.3 Å². The van der Waals surface area contributed by atoms with E-state index in [0.717, 1.165) is 5.75 Å². The third-order valence-corrected chi connectivity index (χ3v) is 6.24. The zero-order valence-electron chi connectivity index (χ0n) is 12.2. The molecule has 1 atom stereocenters. The number of hydrogen-bond donors (Lipinski definition) is 2. The molecule has 0 fully saturated rings. The molecule has 0 aliphatic heterocycles. The molecule has 1 unspecified atom stereocenters. The first-order chi connectivity index (χ1) is 9.81. The largest absolute Gasteiger partial charge is 0.316 e. The van der Waals surface area contributed by atoms with Crippen LogP contribution in [0.2, 0.25) is 10.0 Å². The van der Waals surface area contributed by atoms with Gasteiger partial charge in [-0.15, -0.1) is 0 Å². The molecule has 0 heterocycles. The van der Waals surface area contributed by atoms with E-state index in [-0.39, 0.29) is 16.0 Å². The summed E-state index contributed by atoms with van der Waals surface area (Å²) in [5.74, 6) is 1.66. The molecule has 1 rings (SSSR count). The highest BCUT2D eigenvalue weighted by Crippen LogP contribution is 2.28. The summed E-state index contributed by atoms with van der Waals surface area (Å²) in [6, 6.07) is 2.82. The molecule has 21 heavy (non-hydrogen) atoms. The van der Waals surface area contributed by atoms with Crippen molar-refractivity contribution in [1.29, 1.82) is 0 Å². The lowest BCUT2D eigenvalue weighted by Crippen LogP contribution is -2.34. The molecule has 2 N–H and O–H groups in total. The van der Waals surface area contributed by atoms with Crippen LogP contribution in [-0.4, -0.2) is 33.0 Å². The number of thioether (sulfide) groups is 1. The minimum atomic E-state index is -3.66. The van der Waals surface area contributed by atoms with E-state index < -0.39 is 10.0 Å². The van der Waals surface area contributed by atoms with Crippen LogP contribution in [0.15, 0.2) is 17.0 Å². The summed E-state index contributed by atoms with van der Waals surface area (Å²) >= 11 is 13.8. The highest BCUT2D eigenvalue weighted by atomic mass is 35.5. The van der Waals surface area contributed by atoms with E-state index in [1.165, 1.54) is 12.1 Å². The average molecular weight is 371 g/mol. The molecular formula is C13H20Cl2N2O2S2. The Morgan fingerprint density at radius 2 is 1.95 bits per heavy atom. The standard InChI is InChI=1S/C13H20Cl2N2O2S2/c1-4-20-8-9(2)17-21(18,19)13-5-10(7-16-3)11(14)6-12(13)15/h5-6,9,16-17H,4,7-8H2,1-3H3. The summed E-state index contributed by atoms with van der Waals surface area (Å²) in [6.45, 7) is 4.34. The van der Waals surface area contributed by atoms with Crippen molar-refractivity contribution in [3.8, 4) is 0 Å². The molecule has 4 nitrogen and oxygen atoms in total. The minimum absolute atomic E-state index is 0.0622. The quantitative estimate of drug-likeness (QED) is 0.737. The molecule has 0 spiro atoms. The van der Waals surface area contributed by atoms with Gasteiger partial charge in [0.15, 0.2) is 0 Å². The predicted molar refractivity (Wildman–Crippen MR) is 92.0 cm³/mol. The van der Waals surface area contributed by atoms with Crippen molar-refractivity contribution in [3.63, 3.8) is 0 Å². The van der Waals surface area contributed by atoms with E-state index in [0.29, 0.717) is 22.9 Å². The summed E-state index contributed by atoms with van der Waals surface area (Å²) in [6.07, 6.45) is 0. The second-order valence-electron chi connectivity index (χ2n) is 4.59. The van der Waals surface area contributed by atoms with Gasteiger partial charge in [0.2, 0.25) is 10.0 Å². The smallest absolute Gasteiger partial charge is 0.242 e. The van der Waals surface area contributed by atoms with Gasteiger partial charge in [-0.2, -0.15) is 11.8 Å². The lowest BCUT2D eigenvalue weighted by molar-refractivity contribution is 0.571. The van der Waals surface area contributed by atoms with E-state index in [2.05, 4.69) is 10.0 Å². The molecule has 1 aromatic carbocycles. The molecule has 0 amide bonds. The van der Waals surface area contributed by atoms with Crippen molar-refractivity contribution in [2.24, 2.45) is 0 Å². The van der Waals surface area contributed by atoms with Crippen LogP contribution in [0, 0.1) is 0 Å². The van der Waals surface area contributed by atoms with Gasteiger partial charge in [-0.25, -0.2) is 13.1 Å². The maximum atomic E-state index is 12.4.